The van der Waals surface area contributed by atoms with E-state index in [0.717, 1.165) is 61.1 Å². The molecular formula is C24H16FN7. The lowest BCUT2D eigenvalue weighted by molar-refractivity contribution is 0.627. The largest absolute Gasteiger partial charge is 0.352 e. The molecule has 0 fully saturated rings. The van der Waals surface area contributed by atoms with Crippen LogP contribution in [0.25, 0.3) is 55.6 Å². The summed E-state index contributed by atoms with van der Waals surface area (Å²) in [6, 6.07) is 8.98. The van der Waals surface area contributed by atoms with Gasteiger partial charge in [-0.15, -0.1) is 0 Å². The van der Waals surface area contributed by atoms with Crippen LogP contribution in [-0.2, 0) is 0 Å². The lowest BCUT2D eigenvalue weighted by Gasteiger charge is -2.05. The Labute approximate surface area is 181 Å². The summed E-state index contributed by atoms with van der Waals surface area (Å²) in [5.41, 5.74) is 7.34. The first-order valence-corrected chi connectivity index (χ1v) is 10.00. The summed E-state index contributed by atoms with van der Waals surface area (Å²) in [5.74, 6) is -0.268. The molecule has 0 atom stereocenters. The van der Waals surface area contributed by atoms with Crippen molar-refractivity contribution in [2.24, 2.45) is 0 Å². The van der Waals surface area contributed by atoms with Crippen molar-refractivity contribution in [3.8, 4) is 33.8 Å². The average molecular weight is 421 g/mol. The number of aromatic amines is 2. The topological polar surface area (TPSA) is 96.0 Å². The summed E-state index contributed by atoms with van der Waals surface area (Å²) < 4.78 is 14.0. The van der Waals surface area contributed by atoms with Crippen molar-refractivity contribution in [3.05, 3.63) is 79.0 Å². The Bertz CT molecular complexity index is 1580. The number of halogens is 1. The summed E-state index contributed by atoms with van der Waals surface area (Å²) in [5, 5.41) is 9.42. The summed E-state index contributed by atoms with van der Waals surface area (Å²) in [4.78, 5) is 20.4. The minimum atomic E-state index is -0.268. The zero-order chi connectivity index (χ0) is 21.7. The van der Waals surface area contributed by atoms with Crippen LogP contribution in [0.1, 0.15) is 5.56 Å². The minimum absolute atomic E-state index is 0.268. The third kappa shape index (κ3) is 3.01. The van der Waals surface area contributed by atoms with Gasteiger partial charge in [0.15, 0.2) is 0 Å². The second kappa shape index (κ2) is 7.05. The fraction of sp³-hybridized carbons (Fsp3) is 0.0417. The number of hydrogen-bond donors (Lipinski definition) is 2. The van der Waals surface area contributed by atoms with Crippen LogP contribution in [0.15, 0.2) is 67.6 Å². The first-order valence-electron chi connectivity index (χ1n) is 10.00. The molecule has 0 saturated carbocycles. The van der Waals surface area contributed by atoms with Crippen LogP contribution in [0.5, 0.6) is 0 Å². The molecule has 0 bridgehead atoms. The highest BCUT2D eigenvalue weighted by molar-refractivity contribution is 6.01. The van der Waals surface area contributed by atoms with Gasteiger partial charge in [0.1, 0.15) is 17.8 Å². The number of nitrogens with zero attached hydrogens (tertiary/aromatic N) is 5. The smallest absolute Gasteiger partial charge is 0.124 e. The lowest BCUT2D eigenvalue weighted by Crippen LogP contribution is -1.86. The van der Waals surface area contributed by atoms with E-state index in [9.17, 15) is 4.39 Å². The van der Waals surface area contributed by atoms with E-state index in [4.69, 9.17) is 0 Å². The second-order valence-electron chi connectivity index (χ2n) is 7.66. The number of aromatic nitrogens is 7. The van der Waals surface area contributed by atoms with Crippen LogP contribution in [0.3, 0.4) is 0 Å². The predicted molar refractivity (Wildman–Crippen MR) is 120 cm³/mol. The third-order valence-electron chi connectivity index (χ3n) is 5.46. The SMILES string of the molecule is Cc1cc(F)cc(-c2cncc3[nH]c(-c4n[nH]c5cnc(-c6cncnc6)cc45)cc23)c1. The molecule has 1 aromatic carbocycles. The maximum absolute atomic E-state index is 14.0. The molecule has 0 aliphatic heterocycles. The van der Waals surface area contributed by atoms with Crippen LogP contribution >= 0.6 is 0 Å². The Morgan fingerprint density at radius 1 is 0.781 bits per heavy atom. The molecule has 8 heteroatoms. The van der Waals surface area contributed by atoms with Crippen LogP contribution < -0.4 is 0 Å². The van der Waals surface area contributed by atoms with Crippen LogP contribution in [0.2, 0.25) is 0 Å². The number of benzene rings is 1. The maximum atomic E-state index is 14.0. The number of H-pyrrole nitrogens is 2. The maximum Gasteiger partial charge on any atom is 0.124 e. The Morgan fingerprint density at radius 3 is 2.50 bits per heavy atom. The fourth-order valence-electron chi connectivity index (χ4n) is 4.01. The lowest BCUT2D eigenvalue weighted by atomic mass is 10.0. The van der Waals surface area contributed by atoms with Crippen molar-refractivity contribution in [1.82, 2.24) is 35.1 Å². The summed E-state index contributed by atoms with van der Waals surface area (Å²) in [6.45, 7) is 1.88. The van der Waals surface area contributed by atoms with Gasteiger partial charge in [-0.2, -0.15) is 5.10 Å². The van der Waals surface area contributed by atoms with E-state index in [0.29, 0.717) is 0 Å². The fourth-order valence-corrected chi connectivity index (χ4v) is 4.01. The van der Waals surface area contributed by atoms with Gasteiger partial charge in [-0.05, 0) is 42.3 Å². The monoisotopic (exact) mass is 421 g/mol. The highest BCUT2D eigenvalue weighted by Gasteiger charge is 2.15. The van der Waals surface area contributed by atoms with Gasteiger partial charge < -0.3 is 4.98 Å². The van der Waals surface area contributed by atoms with Crippen molar-refractivity contribution >= 4 is 21.8 Å². The van der Waals surface area contributed by atoms with Gasteiger partial charge in [0.25, 0.3) is 0 Å². The Hall–Kier alpha value is -4.46. The Kier molecular flexibility index (Phi) is 4.04. The molecule has 0 radical (unpaired) electrons. The van der Waals surface area contributed by atoms with Crippen molar-refractivity contribution in [3.63, 3.8) is 0 Å². The molecule has 0 saturated heterocycles. The van der Waals surface area contributed by atoms with E-state index in [1.807, 2.05) is 25.1 Å². The molecule has 154 valence electrons. The number of pyridine rings is 2. The number of aryl methyl sites for hydroxylation is 1. The molecule has 0 aliphatic rings. The Morgan fingerprint density at radius 2 is 1.66 bits per heavy atom. The zero-order valence-electron chi connectivity index (χ0n) is 17.0. The van der Waals surface area contributed by atoms with E-state index in [1.54, 1.807) is 31.0 Å². The van der Waals surface area contributed by atoms with Crippen molar-refractivity contribution in [2.45, 2.75) is 6.92 Å². The average Bonchev–Trinajstić information content (AvgIpc) is 3.42. The predicted octanol–water partition coefficient (Wildman–Crippen LogP) is 5.07. The Balaban J connectivity index is 1.52. The van der Waals surface area contributed by atoms with Crippen molar-refractivity contribution in [1.29, 1.82) is 0 Å². The molecule has 5 heterocycles. The molecular weight excluding hydrogens is 405 g/mol. The van der Waals surface area contributed by atoms with Crippen LogP contribution in [-0.4, -0.2) is 35.1 Å². The normalized spacial score (nSPS) is 11.4. The molecule has 0 amide bonds. The molecule has 32 heavy (non-hydrogen) atoms. The summed E-state index contributed by atoms with van der Waals surface area (Å²) in [7, 11) is 0. The van der Waals surface area contributed by atoms with Gasteiger partial charge in [-0.25, -0.2) is 14.4 Å². The van der Waals surface area contributed by atoms with Gasteiger partial charge in [0.2, 0.25) is 0 Å². The number of fused-ring (bicyclic) bond motifs is 2. The molecule has 0 unspecified atom stereocenters. The van der Waals surface area contributed by atoms with Gasteiger partial charge in [-0.1, -0.05) is 6.07 Å². The van der Waals surface area contributed by atoms with Crippen LogP contribution in [0, 0.1) is 12.7 Å². The van der Waals surface area contributed by atoms with Gasteiger partial charge in [-0.3, -0.25) is 15.1 Å². The number of nitrogens with one attached hydrogen (secondary N) is 2. The van der Waals surface area contributed by atoms with E-state index >= 15 is 0 Å². The number of rotatable bonds is 3. The molecule has 6 rings (SSSR count). The molecule has 0 aliphatic carbocycles. The van der Waals surface area contributed by atoms with Crippen LogP contribution in [0.4, 0.5) is 4.39 Å². The summed E-state index contributed by atoms with van der Waals surface area (Å²) >= 11 is 0. The molecule has 2 N–H and O–H groups in total. The third-order valence-corrected chi connectivity index (χ3v) is 5.46. The van der Waals surface area contributed by atoms with Crippen molar-refractivity contribution in [2.75, 3.05) is 0 Å². The first-order chi connectivity index (χ1) is 15.7. The summed E-state index contributed by atoms with van der Waals surface area (Å²) in [6.07, 6.45) is 10.2. The van der Waals surface area contributed by atoms with Gasteiger partial charge in [0, 0.05) is 40.5 Å². The van der Waals surface area contributed by atoms with E-state index in [-0.39, 0.29) is 5.82 Å². The molecule has 6 aromatic rings. The highest BCUT2D eigenvalue weighted by Crippen LogP contribution is 2.34. The first kappa shape index (κ1) is 18.3. The van der Waals surface area contributed by atoms with E-state index in [1.165, 1.54) is 18.5 Å². The standard InChI is InChI=1S/C24H16FN7/c1-13-2-14(4-16(25)3-13)19-9-26-10-22-17(19)5-21(30-22)24-18-6-20(15-7-27-12-28-8-15)29-11-23(18)31-32-24/h2-12,30H,1H3,(H,31,32). The van der Waals surface area contributed by atoms with Crippen molar-refractivity contribution < 1.29 is 4.39 Å². The second-order valence-corrected chi connectivity index (χ2v) is 7.66. The highest BCUT2D eigenvalue weighted by atomic mass is 19.1. The molecule has 0 spiro atoms. The molecule has 7 nitrogen and oxygen atoms in total. The number of hydrogen-bond acceptors (Lipinski definition) is 5. The quantitative estimate of drug-likeness (QED) is 0.416. The van der Waals surface area contributed by atoms with Gasteiger partial charge in [0.05, 0.1) is 34.8 Å². The zero-order valence-corrected chi connectivity index (χ0v) is 17.0. The van der Waals surface area contributed by atoms with E-state index in [2.05, 4.69) is 35.1 Å². The minimum Gasteiger partial charge on any atom is -0.352 e. The van der Waals surface area contributed by atoms with E-state index < -0.39 is 0 Å². The van der Waals surface area contributed by atoms with Gasteiger partial charge >= 0.3 is 0 Å². The molecule has 5 aromatic heterocycles.